The van der Waals surface area contributed by atoms with E-state index in [0.29, 0.717) is 11.8 Å². The van der Waals surface area contributed by atoms with Gasteiger partial charge in [-0.2, -0.15) is 0 Å². The summed E-state index contributed by atoms with van der Waals surface area (Å²) >= 11 is -2.51. The van der Waals surface area contributed by atoms with Crippen molar-refractivity contribution in [2.45, 2.75) is 142 Å². The van der Waals surface area contributed by atoms with Crippen LogP contribution in [0.2, 0.25) is 17.7 Å². The number of esters is 1. The van der Waals surface area contributed by atoms with Crippen LogP contribution >= 0.6 is 0 Å². The summed E-state index contributed by atoms with van der Waals surface area (Å²) in [6.45, 7) is 20.4. The summed E-state index contributed by atoms with van der Waals surface area (Å²) in [4.78, 5) is 14.1. The fraction of sp³-hybridized carbons (Fsp3) is 0.743. The van der Waals surface area contributed by atoms with Gasteiger partial charge in [-0.15, -0.1) is 0 Å². The predicted octanol–water partition coefficient (Wildman–Crippen LogP) is 10.7. The Morgan fingerprint density at radius 1 is 1.00 bits per heavy atom. The molecule has 4 atom stereocenters. The molecule has 1 fully saturated rings. The summed E-state index contributed by atoms with van der Waals surface area (Å²) < 4.78 is 12.1. The molecule has 1 aromatic carbocycles. The molecule has 3 heteroatoms. The van der Waals surface area contributed by atoms with Crippen molar-refractivity contribution in [3.8, 4) is 0 Å². The van der Waals surface area contributed by atoms with E-state index in [9.17, 15) is 4.79 Å². The molecule has 1 aliphatic carbocycles. The maximum atomic E-state index is 14.1. The fourth-order valence-corrected chi connectivity index (χ4v) is 24.3. The monoisotopic (exact) mass is 632 g/mol. The van der Waals surface area contributed by atoms with Crippen LogP contribution in [0.15, 0.2) is 42.5 Å². The van der Waals surface area contributed by atoms with Gasteiger partial charge in [-0.05, 0) is 0 Å². The van der Waals surface area contributed by atoms with Crippen molar-refractivity contribution in [1.29, 1.82) is 0 Å². The third-order valence-corrected chi connectivity index (χ3v) is 25.5. The zero-order valence-electron chi connectivity index (χ0n) is 26.1. The molecule has 0 radical (unpaired) electrons. The number of allylic oxidation sites excluding steroid dienone is 1. The molecule has 216 valence electrons. The summed E-state index contributed by atoms with van der Waals surface area (Å²) in [5.74, 6) is 1.05. The molecular formula is C35H60O2Sn. The maximum absolute atomic E-state index is 14.1. The van der Waals surface area contributed by atoms with Crippen LogP contribution in [-0.2, 0) is 14.9 Å². The molecule has 0 amide bonds. The van der Waals surface area contributed by atoms with Gasteiger partial charge in [0.1, 0.15) is 0 Å². The summed E-state index contributed by atoms with van der Waals surface area (Å²) in [6.07, 6.45) is 11.9. The topological polar surface area (TPSA) is 26.3 Å². The number of hydrogen-bond donors (Lipinski definition) is 0. The molecule has 1 aliphatic rings. The van der Waals surface area contributed by atoms with E-state index in [0.717, 1.165) is 29.3 Å². The third kappa shape index (κ3) is 10.0. The number of ether oxygens (including phenoxy) is 1. The van der Waals surface area contributed by atoms with Gasteiger partial charge in [-0.1, -0.05) is 0 Å². The van der Waals surface area contributed by atoms with Crippen molar-refractivity contribution < 1.29 is 9.53 Å². The van der Waals surface area contributed by atoms with E-state index in [2.05, 4.69) is 85.4 Å². The number of hydrogen-bond acceptors (Lipinski definition) is 2. The summed E-state index contributed by atoms with van der Waals surface area (Å²) in [5, 5.41) is 0. The van der Waals surface area contributed by atoms with Crippen LogP contribution < -0.4 is 0 Å². The molecule has 2 nitrogen and oxygen atoms in total. The molecule has 1 aromatic rings. The predicted molar refractivity (Wildman–Crippen MR) is 168 cm³/mol. The first-order chi connectivity index (χ1) is 18.1. The van der Waals surface area contributed by atoms with Gasteiger partial charge in [0.15, 0.2) is 0 Å². The molecule has 0 aromatic heterocycles. The minimum absolute atomic E-state index is 0.000558. The van der Waals surface area contributed by atoms with E-state index < -0.39 is 18.4 Å². The minimum atomic E-state index is -2.51. The molecule has 0 saturated heterocycles. The summed E-state index contributed by atoms with van der Waals surface area (Å²) in [6, 6.07) is 10.9. The van der Waals surface area contributed by atoms with E-state index in [4.69, 9.17) is 4.74 Å². The van der Waals surface area contributed by atoms with Crippen molar-refractivity contribution in [3.63, 3.8) is 0 Å². The van der Waals surface area contributed by atoms with Crippen molar-refractivity contribution in [2.75, 3.05) is 0 Å². The second kappa shape index (κ2) is 16.5. The molecule has 0 heterocycles. The van der Waals surface area contributed by atoms with Crippen molar-refractivity contribution >= 4 is 24.3 Å². The molecule has 0 N–H and O–H groups in total. The molecule has 0 unspecified atom stereocenters. The van der Waals surface area contributed by atoms with Gasteiger partial charge in [0.25, 0.3) is 0 Å². The van der Waals surface area contributed by atoms with Crippen LogP contribution in [0.4, 0.5) is 0 Å². The standard InChI is InChI=1S/C23H33O2.3C4H9.Sn/c1-16(2)14-18(4)22(24)25-21-15-17(3)12-13-20(21)23(5,6)19-10-8-7-9-11-19;3*1-3-4-2;/h7-11,17-18,20-21H,1,4,12-15H2,2-3,5-6H3;3*1,3-4H2,2H3;/t17-,18+,20-,21-;;;;/m1..../s1. The number of unbranched alkanes of at least 4 members (excludes halogenated alkanes) is 3. The average molecular weight is 632 g/mol. The molecule has 38 heavy (non-hydrogen) atoms. The molecule has 0 spiro atoms. The van der Waals surface area contributed by atoms with Gasteiger partial charge in [-0.3, -0.25) is 0 Å². The van der Waals surface area contributed by atoms with Gasteiger partial charge in [0, 0.05) is 0 Å². The SMILES string of the molecule is C=C(C)C[C@H]([CH2][Sn]([CH2]CCC)([CH2]CCC)[CH2]CCC)C(=O)O[C@@H]1C[C@H](C)CC[C@H]1C(C)(C)c1ccccc1. The van der Waals surface area contributed by atoms with Gasteiger partial charge >= 0.3 is 242 Å². The fourth-order valence-electron chi connectivity index (χ4n) is 7.13. The Morgan fingerprint density at radius 2 is 1.55 bits per heavy atom. The van der Waals surface area contributed by atoms with Crippen LogP contribution in [-0.4, -0.2) is 30.5 Å². The summed E-state index contributed by atoms with van der Waals surface area (Å²) in [5.41, 5.74) is 2.46. The quantitative estimate of drug-likeness (QED) is 0.0972. The van der Waals surface area contributed by atoms with Crippen molar-refractivity contribution in [1.82, 2.24) is 0 Å². The Balaban J connectivity index is 2.33. The first-order valence-corrected chi connectivity index (χ1v) is 24.1. The Morgan fingerprint density at radius 3 is 2.05 bits per heavy atom. The first kappa shape index (κ1) is 33.4. The Hall–Kier alpha value is -0.771. The van der Waals surface area contributed by atoms with E-state index in [1.54, 1.807) is 0 Å². The molecule has 1 saturated carbocycles. The van der Waals surface area contributed by atoms with Crippen LogP contribution in [0.3, 0.4) is 0 Å². The zero-order chi connectivity index (χ0) is 28.2. The van der Waals surface area contributed by atoms with Crippen molar-refractivity contribution in [3.05, 3.63) is 48.0 Å². The van der Waals surface area contributed by atoms with E-state index >= 15 is 0 Å². The van der Waals surface area contributed by atoms with Gasteiger partial charge in [0.05, 0.1) is 0 Å². The first-order valence-electron chi connectivity index (χ1n) is 16.0. The number of carbonyl (C=O) groups is 1. The third-order valence-electron chi connectivity index (χ3n) is 9.56. The van der Waals surface area contributed by atoms with Gasteiger partial charge in [0.2, 0.25) is 0 Å². The van der Waals surface area contributed by atoms with E-state index in [-0.39, 0.29) is 23.4 Å². The second-order valence-corrected chi connectivity index (χ2v) is 27.5. The van der Waals surface area contributed by atoms with E-state index in [1.807, 2.05) is 0 Å². The van der Waals surface area contributed by atoms with Crippen LogP contribution in [0.5, 0.6) is 0 Å². The number of rotatable bonds is 17. The zero-order valence-corrected chi connectivity index (χ0v) is 29.0. The summed E-state index contributed by atoms with van der Waals surface area (Å²) in [7, 11) is 0. The van der Waals surface area contributed by atoms with Crippen LogP contribution in [0, 0.1) is 17.8 Å². The Bertz CT molecular complexity index is 808. The molecule has 2 rings (SSSR count). The van der Waals surface area contributed by atoms with Crippen LogP contribution in [0.25, 0.3) is 0 Å². The van der Waals surface area contributed by atoms with Crippen LogP contribution in [0.1, 0.15) is 118 Å². The number of benzene rings is 1. The Labute approximate surface area is 240 Å². The molecule has 0 bridgehead atoms. The van der Waals surface area contributed by atoms with Crippen molar-refractivity contribution in [2.24, 2.45) is 17.8 Å². The van der Waals surface area contributed by atoms with Gasteiger partial charge in [-0.25, -0.2) is 0 Å². The second-order valence-electron chi connectivity index (χ2n) is 13.5. The number of carbonyl (C=O) groups excluding carboxylic acids is 1. The molecular weight excluding hydrogens is 571 g/mol. The normalized spacial score (nSPS) is 21.2. The Kier molecular flexibility index (Phi) is 14.5. The average Bonchev–Trinajstić information content (AvgIpc) is 2.89. The van der Waals surface area contributed by atoms with E-state index in [1.165, 1.54) is 63.8 Å². The molecule has 0 aliphatic heterocycles. The van der Waals surface area contributed by atoms with Gasteiger partial charge < -0.3 is 0 Å².